The third-order valence-corrected chi connectivity index (χ3v) is 5.94. The molecule has 0 bridgehead atoms. The molecule has 0 aliphatic rings. The number of hydrogen-bond acceptors (Lipinski definition) is 3. The summed E-state index contributed by atoms with van der Waals surface area (Å²) in [6.45, 7) is 0. The molecule has 3 aromatic carbocycles. The summed E-state index contributed by atoms with van der Waals surface area (Å²) in [7, 11) is 0. The Morgan fingerprint density at radius 1 is 0.931 bits per heavy atom. The summed E-state index contributed by atoms with van der Waals surface area (Å²) in [5, 5.41) is 11.0. The van der Waals surface area contributed by atoms with Crippen LogP contribution in [0.2, 0.25) is 5.02 Å². The lowest BCUT2D eigenvalue weighted by Gasteiger charge is -2.08. The number of thiophene rings is 1. The van der Waals surface area contributed by atoms with Crippen molar-refractivity contribution in [2.45, 2.75) is 6.18 Å². The maximum Gasteiger partial charge on any atom is 0.416 e. The highest BCUT2D eigenvalue weighted by Gasteiger charge is 2.30. The minimum Gasteiger partial charge on any atom is -0.508 e. The van der Waals surface area contributed by atoms with Crippen LogP contribution in [0, 0.1) is 0 Å². The molecule has 0 spiro atoms. The number of phenolic OH excluding ortho intramolecular Hbond substituents is 1. The van der Waals surface area contributed by atoms with Gasteiger partial charge in [0.05, 0.1) is 5.56 Å². The van der Waals surface area contributed by atoms with E-state index in [-0.39, 0.29) is 17.1 Å². The molecule has 0 radical (unpaired) electrons. The smallest absolute Gasteiger partial charge is 0.416 e. The summed E-state index contributed by atoms with van der Waals surface area (Å²) in [6, 6.07) is 15.8. The van der Waals surface area contributed by atoms with Gasteiger partial charge in [-0.1, -0.05) is 35.9 Å². The van der Waals surface area contributed by atoms with E-state index in [4.69, 9.17) is 11.6 Å². The van der Waals surface area contributed by atoms with Gasteiger partial charge in [0.2, 0.25) is 0 Å². The first-order valence-corrected chi connectivity index (χ1v) is 9.67. The summed E-state index contributed by atoms with van der Waals surface area (Å²) < 4.78 is 39.2. The van der Waals surface area contributed by atoms with E-state index in [9.17, 15) is 23.1 Å². The molecule has 1 heterocycles. The molecule has 0 fully saturated rings. The Labute approximate surface area is 172 Å². The lowest BCUT2D eigenvalue weighted by molar-refractivity contribution is -0.137. The van der Waals surface area contributed by atoms with Crippen molar-refractivity contribution in [2.75, 3.05) is 0 Å². The summed E-state index contributed by atoms with van der Waals surface area (Å²) in [4.78, 5) is 13.9. The average molecular weight is 433 g/mol. The molecular formula is C22H12ClF3O2S. The van der Waals surface area contributed by atoms with Crippen molar-refractivity contribution in [1.29, 1.82) is 0 Å². The summed E-state index contributed by atoms with van der Waals surface area (Å²) >= 11 is 7.28. The van der Waals surface area contributed by atoms with Gasteiger partial charge in [0, 0.05) is 31.1 Å². The normalized spacial score (nSPS) is 11.7. The summed E-state index contributed by atoms with van der Waals surface area (Å²) in [6.07, 6.45) is -4.47. The van der Waals surface area contributed by atoms with Gasteiger partial charge < -0.3 is 5.11 Å². The van der Waals surface area contributed by atoms with E-state index in [1.165, 1.54) is 29.5 Å². The van der Waals surface area contributed by atoms with Crippen molar-refractivity contribution in [3.8, 4) is 16.2 Å². The molecule has 0 unspecified atom stereocenters. The number of carbonyl (C=O) groups excluding carboxylic acids is 1. The molecule has 0 aliphatic heterocycles. The van der Waals surface area contributed by atoms with Crippen molar-refractivity contribution >= 4 is 38.8 Å². The van der Waals surface area contributed by atoms with Crippen LogP contribution in [0.25, 0.3) is 20.5 Å². The molecule has 7 heteroatoms. The third kappa shape index (κ3) is 3.73. The van der Waals surface area contributed by atoms with Crippen LogP contribution in [0.15, 0.2) is 66.7 Å². The summed E-state index contributed by atoms with van der Waals surface area (Å²) in [5.41, 5.74) is 0.477. The van der Waals surface area contributed by atoms with Gasteiger partial charge in [-0.25, -0.2) is 0 Å². The molecular weight excluding hydrogens is 421 g/mol. The van der Waals surface area contributed by atoms with Crippen LogP contribution in [-0.4, -0.2) is 10.9 Å². The molecule has 1 aromatic heterocycles. The van der Waals surface area contributed by atoms with Crippen molar-refractivity contribution in [3.05, 3.63) is 88.4 Å². The van der Waals surface area contributed by atoms with Crippen LogP contribution < -0.4 is 0 Å². The number of halogens is 4. The molecule has 4 aromatic rings. The van der Waals surface area contributed by atoms with E-state index in [1.807, 2.05) is 0 Å². The molecule has 4 rings (SSSR count). The second kappa shape index (κ2) is 7.21. The fourth-order valence-corrected chi connectivity index (χ4v) is 4.43. The van der Waals surface area contributed by atoms with Crippen LogP contribution in [0.3, 0.4) is 0 Å². The topological polar surface area (TPSA) is 37.3 Å². The quantitative estimate of drug-likeness (QED) is 0.348. The number of fused-ring (bicyclic) bond motifs is 1. The zero-order valence-corrected chi connectivity index (χ0v) is 16.2. The number of ketones is 1. The van der Waals surface area contributed by atoms with Gasteiger partial charge in [-0.2, -0.15) is 13.2 Å². The Kier molecular flexibility index (Phi) is 4.84. The molecule has 29 heavy (non-hydrogen) atoms. The molecule has 1 N–H and O–H groups in total. The number of aromatic hydroxyl groups is 1. The van der Waals surface area contributed by atoms with E-state index in [1.54, 1.807) is 36.4 Å². The minimum absolute atomic E-state index is 0.0648. The Morgan fingerprint density at radius 2 is 1.59 bits per heavy atom. The molecule has 0 saturated heterocycles. The van der Waals surface area contributed by atoms with Gasteiger partial charge in [0.1, 0.15) is 5.75 Å². The van der Waals surface area contributed by atoms with Gasteiger partial charge in [0.25, 0.3) is 0 Å². The lowest BCUT2D eigenvalue weighted by atomic mass is 9.97. The van der Waals surface area contributed by atoms with Gasteiger partial charge >= 0.3 is 6.18 Å². The van der Waals surface area contributed by atoms with E-state index < -0.39 is 11.7 Å². The molecule has 0 aliphatic carbocycles. The maximum atomic E-state index is 13.3. The first kappa shape index (κ1) is 19.5. The predicted molar refractivity (Wildman–Crippen MR) is 109 cm³/mol. The van der Waals surface area contributed by atoms with Crippen molar-refractivity contribution in [2.24, 2.45) is 0 Å². The van der Waals surface area contributed by atoms with E-state index in [2.05, 4.69) is 0 Å². The fraction of sp³-hybridized carbons (Fsp3) is 0.0455. The van der Waals surface area contributed by atoms with Crippen LogP contribution in [0.1, 0.15) is 21.5 Å². The Bertz CT molecular complexity index is 1210. The van der Waals surface area contributed by atoms with E-state index in [0.717, 1.165) is 17.7 Å². The molecule has 2 nitrogen and oxygen atoms in total. The zero-order valence-electron chi connectivity index (χ0n) is 14.6. The number of hydrogen-bond donors (Lipinski definition) is 1. The zero-order chi connectivity index (χ0) is 20.8. The highest BCUT2D eigenvalue weighted by molar-refractivity contribution is 7.22. The monoisotopic (exact) mass is 432 g/mol. The molecule has 0 saturated carbocycles. The van der Waals surface area contributed by atoms with Crippen LogP contribution in [0.5, 0.6) is 5.75 Å². The van der Waals surface area contributed by atoms with Crippen LogP contribution in [0.4, 0.5) is 13.2 Å². The van der Waals surface area contributed by atoms with Crippen molar-refractivity contribution in [3.63, 3.8) is 0 Å². The second-order valence-corrected chi connectivity index (χ2v) is 7.89. The van der Waals surface area contributed by atoms with Crippen LogP contribution >= 0.6 is 22.9 Å². The number of carbonyl (C=O) groups is 1. The maximum absolute atomic E-state index is 13.3. The average Bonchev–Trinajstić information content (AvgIpc) is 3.05. The number of rotatable bonds is 3. The standard InChI is InChI=1S/C22H12ClF3O2S/c23-15-7-3-13(4-8-15)21-19(17-10-9-16(27)11-18(17)29-21)20(28)12-1-5-14(6-2-12)22(24,25)26/h1-11,27H. The van der Waals surface area contributed by atoms with Gasteiger partial charge in [-0.3, -0.25) is 4.79 Å². The Hall–Kier alpha value is -2.83. The Morgan fingerprint density at radius 3 is 2.21 bits per heavy atom. The number of alkyl halides is 3. The highest BCUT2D eigenvalue weighted by Crippen LogP contribution is 2.41. The lowest BCUT2D eigenvalue weighted by Crippen LogP contribution is -2.07. The Balaban J connectivity index is 1.88. The van der Waals surface area contributed by atoms with E-state index in [0.29, 0.717) is 25.5 Å². The largest absolute Gasteiger partial charge is 0.508 e. The highest BCUT2D eigenvalue weighted by atomic mass is 35.5. The number of phenols is 1. The van der Waals surface area contributed by atoms with Gasteiger partial charge in [-0.05, 0) is 48.0 Å². The second-order valence-electron chi connectivity index (χ2n) is 6.40. The fourth-order valence-electron chi connectivity index (χ4n) is 3.07. The van der Waals surface area contributed by atoms with Gasteiger partial charge in [0.15, 0.2) is 5.78 Å². The predicted octanol–water partition coefficient (Wildman–Crippen LogP) is 7.18. The molecule has 0 atom stereocenters. The van der Waals surface area contributed by atoms with Crippen LogP contribution in [-0.2, 0) is 6.18 Å². The summed E-state index contributed by atoms with van der Waals surface area (Å²) in [5.74, 6) is -0.324. The minimum atomic E-state index is -4.47. The third-order valence-electron chi connectivity index (χ3n) is 4.48. The SMILES string of the molecule is O=C(c1ccc(C(F)(F)F)cc1)c1c(-c2ccc(Cl)cc2)sc2cc(O)ccc12. The first-order chi connectivity index (χ1) is 13.7. The van der Waals surface area contributed by atoms with Crippen molar-refractivity contribution in [1.82, 2.24) is 0 Å². The van der Waals surface area contributed by atoms with Crippen molar-refractivity contribution < 1.29 is 23.1 Å². The van der Waals surface area contributed by atoms with Gasteiger partial charge in [-0.15, -0.1) is 11.3 Å². The van der Waals surface area contributed by atoms with E-state index >= 15 is 0 Å². The molecule has 146 valence electrons. The number of benzene rings is 3. The molecule has 0 amide bonds. The first-order valence-electron chi connectivity index (χ1n) is 8.47.